The van der Waals surface area contributed by atoms with Gasteiger partial charge in [0.2, 0.25) is 0 Å². The average Bonchev–Trinajstić information content (AvgIpc) is 2.62. The van der Waals surface area contributed by atoms with Crippen molar-refractivity contribution < 1.29 is 5.76 Å². The van der Waals surface area contributed by atoms with Crippen molar-refractivity contribution in [3.8, 4) is 11.3 Å². The maximum absolute atomic E-state index is 13.3. The highest BCUT2D eigenvalue weighted by molar-refractivity contribution is 6.89. The monoisotopic (exact) mass is 350 g/mol. The summed E-state index contributed by atoms with van der Waals surface area (Å²) in [4.78, 5) is 4.64. The van der Waals surface area contributed by atoms with Gasteiger partial charge in [-0.05, 0) is 46.6 Å². The van der Waals surface area contributed by atoms with Gasteiger partial charge in [-0.3, -0.25) is 4.98 Å². The maximum atomic E-state index is 13.3. The lowest BCUT2D eigenvalue weighted by molar-refractivity contribution is 0.628. The zero-order valence-electron chi connectivity index (χ0n) is 16.2. The van der Waals surface area contributed by atoms with Crippen LogP contribution in [0.25, 0.3) is 11.3 Å². The molecule has 1 atom stereocenters. The van der Waals surface area contributed by atoms with Crippen LogP contribution in [-0.4, -0.2) is 13.1 Å². The van der Waals surface area contributed by atoms with Gasteiger partial charge in [0, 0.05) is 19.0 Å². The highest BCUT2D eigenvalue weighted by atomic mass is 28.3. The third-order valence-electron chi connectivity index (χ3n) is 4.46. The van der Waals surface area contributed by atoms with Crippen LogP contribution >= 0.6 is 0 Å². The Labute approximate surface area is 152 Å². The minimum Gasteiger partial charge on any atom is -0.256 e. The van der Waals surface area contributed by atoms with Crippen molar-refractivity contribution in [1.29, 1.82) is 0 Å². The Morgan fingerprint density at radius 2 is 1.64 bits per heavy atom. The van der Waals surface area contributed by atoms with Crippen molar-refractivity contribution in [3.63, 3.8) is 0 Å². The topological polar surface area (TPSA) is 12.9 Å². The molecule has 25 heavy (non-hydrogen) atoms. The predicted octanol–water partition coefficient (Wildman–Crippen LogP) is 5.58. The average molecular weight is 351 g/mol. The first-order chi connectivity index (χ1) is 12.2. The summed E-state index contributed by atoms with van der Waals surface area (Å²) in [6.45, 7) is 8.75. The van der Waals surface area contributed by atoms with Gasteiger partial charge in [0.15, 0.2) is 0 Å². The zero-order chi connectivity index (χ0) is 18.9. The zero-order valence-corrected chi connectivity index (χ0v) is 16.2. The number of aromatic nitrogens is 1. The molecule has 1 heterocycles. The second-order valence-electron chi connectivity index (χ2n) is 7.36. The van der Waals surface area contributed by atoms with Crippen molar-refractivity contribution in [2.75, 3.05) is 0 Å². The van der Waals surface area contributed by atoms with Crippen LogP contribution in [-0.2, 0) is 0 Å². The molecule has 1 nitrogen and oxygen atoms in total. The summed E-state index contributed by atoms with van der Waals surface area (Å²) in [5, 5.41) is 1.18. The van der Waals surface area contributed by atoms with Gasteiger partial charge in [-0.25, -0.2) is 4.39 Å². The fourth-order valence-corrected chi connectivity index (χ4v) is 4.50. The van der Waals surface area contributed by atoms with Crippen molar-refractivity contribution in [2.45, 2.75) is 32.5 Å². The van der Waals surface area contributed by atoms with E-state index in [-0.39, 0.29) is 5.82 Å². The van der Waals surface area contributed by atoms with Crippen LogP contribution in [0.2, 0.25) is 19.6 Å². The van der Waals surface area contributed by atoms with Gasteiger partial charge >= 0.3 is 0 Å². The van der Waals surface area contributed by atoms with Crippen molar-refractivity contribution >= 4 is 13.3 Å². The summed E-state index contributed by atoms with van der Waals surface area (Å²) in [5.41, 5.74) is 3.57. The van der Waals surface area contributed by atoms with Crippen LogP contribution in [0.1, 0.15) is 25.3 Å². The molecule has 0 bridgehead atoms. The lowest BCUT2D eigenvalue weighted by atomic mass is 9.92. The van der Waals surface area contributed by atoms with E-state index in [1.54, 1.807) is 12.1 Å². The van der Waals surface area contributed by atoms with E-state index >= 15 is 0 Å². The van der Waals surface area contributed by atoms with E-state index in [4.69, 9.17) is 1.37 Å². The van der Waals surface area contributed by atoms with Crippen LogP contribution < -0.4 is 5.19 Å². The number of rotatable bonds is 4. The Bertz CT molecular complexity index is 900. The first-order valence-corrected chi connectivity index (χ1v) is 12.0. The molecule has 0 fully saturated rings. The molecule has 0 saturated carbocycles. The molecule has 0 spiro atoms. The Hall–Kier alpha value is -2.26. The van der Waals surface area contributed by atoms with E-state index in [1.807, 2.05) is 49.5 Å². The number of benzene rings is 2. The predicted molar refractivity (Wildman–Crippen MR) is 107 cm³/mol. The summed E-state index contributed by atoms with van der Waals surface area (Å²) in [5.74, 6) is -1.14. The third-order valence-corrected chi connectivity index (χ3v) is 6.48. The Kier molecular flexibility index (Phi) is 4.49. The van der Waals surface area contributed by atoms with Gasteiger partial charge in [-0.1, -0.05) is 56.9 Å². The number of pyridine rings is 1. The van der Waals surface area contributed by atoms with Crippen molar-refractivity contribution in [1.82, 2.24) is 4.98 Å². The molecular weight excluding hydrogens is 325 g/mol. The fraction of sp³-hybridized carbons (Fsp3) is 0.227. The lowest BCUT2D eigenvalue weighted by Gasteiger charge is -2.25. The normalized spacial score (nSPS) is 14.7. The van der Waals surface area contributed by atoms with Gasteiger partial charge < -0.3 is 0 Å². The first kappa shape index (κ1) is 16.2. The van der Waals surface area contributed by atoms with E-state index in [9.17, 15) is 4.39 Å². The SMILES string of the molecule is [2H]C(C)(c1ccccc1)c1cc(-c2ccc(F)cc2)ncc1[Si](C)(C)C. The molecule has 0 amide bonds. The van der Waals surface area contributed by atoms with Crippen LogP contribution in [0.5, 0.6) is 0 Å². The van der Waals surface area contributed by atoms with E-state index in [0.717, 1.165) is 22.4 Å². The highest BCUT2D eigenvalue weighted by Gasteiger charge is 2.24. The molecule has 0 saturated heterocycles. The van der Waals surface area contributed by atoms with E-state index in [0.29, 0.717) is 0 Å². The second kappa shape index (κ2) is 6.93. The summed E-state index contributed by atoms with van der Waals surface area (Å²) in [6, 6.07) is 18.3. The molecule has 1 unspecified atom stereocenters. The van der Waals surface area contributed by atoms with E-state index < -0.39 is 14.0 Å². The smallest absolute Gasteiger partial charge is 0.123 e. The summed E-state index contributed by atoms with van der Waals surface area (Å²) >= 11 is 0. The van der Waals surface area contributed by atoms with E-state index in [1.165, 1.54) is 17.3 Å². The maximum Gasteiger partial charge on any atom is 0.123 e. The van der Waals surface area contributed by atoms with Crippen LogP contribution in [0.15, 0.2) is 66.9 Å². The molecule has 3 rings (SSSR count). The Balaban J connectivity index is 2.20. The summed E-state index contributed by atoms with van der Waals surface area (Å²) < 4.78 is 22.4. The lowest BCUT2D eigenvalue weighted by Crippen LogP contribution is -2.41. The minimum absolute atomic E-state index is 0.262. The quantitative estimate of drug-likeness (QED) is 0.559. The molecule has 2 aromatic carbocycles. The van der Waals surface area contributed by atoms with Gasteiger partial charge in [0.1, 0.15) is 5.82 Å². The summed E-state index contributed by atoms with van der Waals surface area (Å²) in [7, 11) is -1.70. The summed E-state index contributed by atoms with van der Waals surface area (Å²) in [6.07, 6.45) is 1.93. The largest absolute Gasteiger partial charge is 0.256 e. The van der Waals surface area contributed by atoms with Gasteiger partial charge in [-0.2, -0.15) is 0 Å². The molecular formula is C22H24FNSi. The molecule has 0 aliphatic heterocycles. The van der Waals surface area contributed by atoms with Crippen LogP contribution in [0.3, 0.4) is 0 Å². The molecule has 0 aliphatic rings. The van der Waals surface area contributed by atoms with Crippen molar-refractivity contribution in [3.05, 3.63) is 83.8 Å². The molecule has 3 heteroatoms. The van der Waals surface area contributed by atoms with Gasteiger partial charge in [0.25, 0.3) is 0 Å². The molecule has 1 aromatic heterocycles. The Morgan fingerprint density at radius 3 is 2.24 bits per heavy atom. The minimum atomic E-state index is -1.70. The van der Waals surface area contributed by atoms with Crippen LogP contribution in [0, 0.1) is 5.82 Å². The van der Waals surface area contributed by atoms with E-state index in [2.05, 4.69) is 24.6 Å². The third kappa shape index (κ3) is 3.88. The number of halogens is 1. The molecule has 3 aromatic rings. The van der Waals surface area contributed by atoms with Gasteiger partial charge in [0.05, 0.1) is 13.8 Å². The fourth-order valence-electron chi connectivity index (χ4n) is 2.99. The Morgan fingerprint density at radius 1 is 1.00 bits per heavy atom. The number of nitrogens with zero attached hydrogens (tertiary/aromatic N) is 1. The molecule has 128 valence electrons. The standard InChI is InChI=1S/C22H24FNSi/c1-16(17-8-6-5-7-9-17)20-14-21(18-10-12-19(23)13-11-18)24-15-22(20)25(2,3)4/h5-16H,1-4H3/i16D. The number of hydrogen-bond donors (Lipinski definition) is 0. The second-order valence-corrected chi connectivity index (χ2v) is 12.4. The number of hydrogen-bond acceptors (Lipinski definition) is 1. The molecule has 0 N–H and O–H groups in total. The first-order valence-electron chi connectivity index (χ1n) is 9.02. The highest BCUT2D eigenvalue weighted by Crippen LogP contribution is 2.27. The molecule has 0 radical (unpaired) electrons. The van der Waals surface area contributed by atoms with Crippen molar-refractivity contribution in [2.24, 2.45) is 0 Å². The van der Waals surface area contributed by atoms with Crippen LogP contribution in [0.4, 0.5) is 4.39 Å². The molecule has 0 aliphatic carbocycles. The van der Waals surface area contributed by atoms with Gasteiger partial charge in [-0.15, -0.1) is 0 Å².